The number of rotatable bonds is 6. The number of phenolic OH excluding ortho intramolecular Hbond substituents is 1. The van der Waals surface area contributed by atoms with E-state index in [4.69, 9.17) is 4.74 Å². The monoisotopic (exact) mass is 316 g/mol. The Morgan fingerprint density at radius 1 is 1.26 bits per heavy atom. The number of non-ortho nitro benzene ring substituents is 1. The standard InChI is InChI=1S/C16H16N2O5/c1-23-10-11-2-4-12(5-3-11)16(20)17-9-13-8-14(18(21)22)6-7-15(13)19/h2-8,19H,9-10H2,1H3,(H,17,20). The molecular formula is C16H16N2O5. The third-order valence-corrected chi connectivity index (χ3v) is 3.24. The lowest BCUT2D eigenvalue weighted by molar-refractivity contribution is -0.384. The Morgan fingerprint density at radius 2 is 1.96 bits per heavy atom. The molecule has 0 aliphatic rings. The predicted molar refractivity (Wildman–Crippen MR) is 83.1 cm³/mol. The van der Waals surface area contributed by atoms with Gasteiger partial charge < -0.3 is 15.2 Å². The van der Waals surface area contributed by atoms with Crippen LogP contribution in [0.15, 0.2) is 42.5 Å². The summed E-state index contributed by atoms with van der Waals surface area (Å²) in [5.41, 5.74) is 1.54. The van der Waals surface area contributed by atoms with Crippen molar-refractivity contribution in [2.24, 2.45) is 0 Å². The number of hydrogen-bond acceptors (Lipinski definition) is 5. The van der Waals surface area contributed by atoms with Crippen LogP contribution >= 0.6 is 0 Å². The first kappa shape index (κ1) is 16.4. The van der Waals surface area contributed by atoms with E-state index in [-0.39, 0.29) is 29.5 Å². The lowest BCUT2D eigenvalue weighted by Gasteiger charge is -2.08. The van der Waals surface area contributed by atoms with Gasteiger partial charge in [0, 0.05) is 36.9 Å². The molecule has 0 atom stereocenters. The maximum atomic E-state index is 12.1. The number of methoxy groups -OCH3 is 1. The van der Waals surface area contributed by atoms with Crippen molar-refractivity contribution in [3.63, 3.8) is 0 Å². The zero-order valence-corrected chi connectivity index (χ0v) is 12.5. The first-order valence-corrected chi connectivity index (χ1v) is 6.83. The smallest absolute Gasteiger partial charge is 0.270 e. The van der Waals surface area contributed by atoms with Crippen molar-refractivity contribution in [3.8, 4) is 5.75 Å². The molecule has 0 saturated heterocycles. The maximum Gasteiger partial charge on any atom is 0.270 e. The highest BCUT2D eigenvalue weighted by atomic mass is 16.6. The van der Waals surface area contributed by atoms with Crippen LogP contribution in [0.3, 0.4) is 0 Å². The minimum atomic E-state index is -0.556. The van der Waals surface area contributed by atoms with E-state index in [1.165, 1.54) is 18.2 Å². The van der Waals surface area contributed by atoms with Crippen LogP contribution in [0.2, 0.25) is 0 Å². The maximum absolute atomic E-state index is 12.1. The van der Waals surface area contributed by atoms with Crippen LogP contribution in [0.1, 0.15) is 21.5 Å². The van der Waals surface area contributed by atoms with E-state index in [1.807, 2.05) is 0 Å². The highest BCUT2D eigenvalue weighted by Gasteiger charge is 2.12. The fourth-order valence-corrected chi connectivity index (χ4v) is 2.02. The number of amides is 1. The molecule has 0 bridgehead atoms. The molecule has 2 aromatic carbocycles. The second-order valence-corrected chi connectivity index (χ2v) is 4.88. The summed E-state index contributed by atoms with van der Waals surface area (Å²) in [7, 11) is 1.59. The zero-order valence-electron chi connectivity index (χ0n) is 12.5. The van der Waals surface area contributed by atoms with Crippen molar-refractivity contribution in [2.45, 2.75) is 13.2 Å². The molecule has 0 radical (unpaired) electrons. The SMILES string of the molecule is COCc1ccc(C(=O)NCc2cc([N+](=O)[O-])ccc2O)cc1. The molecule has 0 aliphatic carbocycles. The van der Waals surface area contributed by atoms with Crippen LogP contribution < -0.4 is 5.32 Å². The number of nitro benzene ring substituents is 1. The first-order chi connectivity index (χ1) is 11.0. The molecule has 2 N–H and O–H groups in total. The third-order valence-electron chi connectivity index (χ3n) is 3.24. The summed E-state index contributed by atoms with van der Waals surface area (Å²) in [6.45, 7) is 0.454. The van der Waals surface area contributed by atoms with Gasteiger partial charge in [0.25, 0.3) is 11.6 Å². The Bertz CT molecular complexity index is 713. The molecule has 7 nitrogen and oxygen atoms in total. The Balaban J connectivity index is 2.04. The van der Waals surface area contributed by atoms with Crippen molar-refractivity contribution >= 4 is 11.6 Å². The van der Waals surface area contributed by atoms with E-state index in [0.717, 1.165) is 5.56 Å². The van der Waals surface area contributed by atoms with Gasteiger partial charge in [-0.1, -0.05) is 12.1 Å². The van der Waals surface area contributed by atoms with Gasteiger partial charge in [0.1, 0.15) is 5.75 Å². The predicted octanol–water partition coefficient (Wildman–Crippen LogP) is 2.38. The van der Waals surface area contributed by atoms with Gasteiger partial charge in [-0.25, -0.2) is 0 Å². The number of hydrogen-bond donors (Lipinski definition) is 2. The number of ether oxygens (including phenoxy) is 1. The number of nitrogens with zero attached hydrogens (tertiary/aromatic N) is 1. The molecule has 23 heavy (non-hydrogen) atoms. The van der Waals surface area contributed by atoms with Gasteiger partial charge >= 0.3 is 0 Å². The molecule has 2 aromatic rings. The quantitative estimate of drug-likeness (QED) is 0.629. The topological polar surface area (TPSA) is 102 Å². The van der Waals surface area contributed by atoms with Gasteiger partial charge in [0.15, 0.2) is 0 Å². The summed E-state index contributed by atoms with van der Waals surface area (Å²) in [5.74, 6) is -0.439. The minimum absolute atomic E-state index is 0.00777. The molecule has 0 fully saturated rings. The Hall–Kier alpha value is -2.93. The highest BCUT2D eigenvalue weighted by molar-refractivity contribution is 5.94. The molecule has 2 rings (SSSR count). The molecule has 120 valence electrons. The lowest BCUT2D eigenvalue weighted by Crippen LogP contribution is -2.22. The van der Waals surface area contributed by atoms with Crippen LogP contribution in [-0.4, -0.2) is 23.0 Å². The molecule has 0 heterocycles. The number of benzene rings is 2. The first-order valence-electron chi connectivity index (χ1n) is 6.83. The minimum Gasteiger partial charge on any atom is -0.508 e. The Morgan fingerprint density at radius 3 is 2.57 bits per heavy atom. The molecule has 0 aromatic heterocycles. The van der Waals surface area contributed by atoms with Crippen LogP contribution in [0.5, 0.6) is 5.75 Å². The van der Waals surface area contributed by atoms with Gasteiger partial charge in [0.05, 0.1) is 11.5 Å². The second-order valence-electron chi connectivity index (χ2n) is 4.88. The van der Waals surface area contributed by atoms with E-state index in [2.05, 4.69) is 5.32 Å². The molecule has 7 heteroatoms. The van der Waals surface area contributed by atoms with Crippen LogP contribution in [-0.2, 0) is 17.9 Å². The lowest BCUT2D eigenvalue weighted by atomic mass is 10.1. The summed E-state index contributed by atoms with van der Waals surface area (Å²) >= 11 is 0. The number of carbonyl (C=O) groups excluding carboxylic acids is 1. The molecule has 0 saturated carbocycles. The fraction of sp³-hybridized carbons (Fsp3) is 0.188. The summed E-state index contributed by atoms with van der Waals surface area (Å²) in [6, 6.07) is 10.6. The molecule has 1 amide bonds. The second kappa shape index (κ2) is 7.37. The van der Waals surface area contributed by atoms with Crippen molar-refractivity contribution in [1.29, 1.82) is 0 Å². The molecule has 0 spiro atoms. The van der Waals surface area contributed by atoms with Crippen molar-refractivity contribution in [1.82, 2.24) is 5.32 Å². The van der Waals surface area contributed by atoms with E-state index >= 15 is 0 Å². The zero-order chi connectivity index (χ0) is 16.8. The van der Waals surface area contributed by atoms with E-state index in [0.29, 0.717) is 12.2 Å². The summed E-state index contributed by atoms with van der Waals surface area (Å²) in [4.78, 5) is 22.2. The number of phenols is 1. The number of nitro groups is 1. The summed E-state index contributed by atoms with van der Waals surface area (Å²) in [5, 5.41) is 23.1. The Labute approximate surface area is 132 Å². The highest BCUT2D eigenvalue weighted by Crippen LogP contribution is 2.22. The normalized spacial score (nSPS) is 10.3. The van der Waals surface area contributed by atoms with E-state index in [1.54, 1.807) is 31.4 Å². The molecule has 0 unspecified atom stereocenters. The van der Waals surface area contributed by atoms with E-state index < -0.39 is 4.92 Å². The summed E-state index contributed by atoms with van der Waals surface area (Å²) in [6.07, 6.45) is 0. The number of nitrogens with one attached hydrogen (secondary N) is 1. The van der Waals surface area contributed by atoms with Gasteiger partial charge in [-0.3, -0.25) is 14.9 Å². The van der Waals surface area contributed by atoms with Crippen LogP contribution in [0.4, 0.5) is 5.69 Å². The van der Waals surface area contributed by atoms with Gasteiger partial charge in [0.2, 0.25) is 0 Å². The Kier molecular flexibility index (Phi) is 5.27. The largest absolute Gasteiger partial charge is 0.508 e. The van der Waals surface area contributed by atoms with Crippen molar-refractivity contribution in [3.05, 3.63) is 69.3 Å². The van der Waals surface area contributed by atoms with Crippen molar-refractivity contribution in [2.75, 3.05) is 7.11 Å². The molecular weight excluding hydrogens is 300 g/mol. The van der Waals surface area contributed by atoms with Gasteiger partial charge in [-0.2, -0.15) is 0 Å². The van der Waals surface area contributed by atoms with Gasteiger partial charge in [-0.05, 0) is 23.8 Å². The third kappa shape index (κ3) is 4.27. The van der Waals surface area contributed by atoms with Crippen LogP contribution in [0, 0.1) is 10.1 Å². The number of carbonyl (C=O) groups is 1. The van der Waals surface area contributed by atoms with Gasteiger partial charge in [-0.15, -0.1) is 0 Å². The van der Waals surface area contributed by atoms with E-state index in [9.17, 15) is 20.0 Å². The number of aromatic hydroxyl groups is 1. The average molecular weight is 316 g/mol. The fourth-order valence-electron chi connectivity index (χ4n) is 2.02. The summed E-state index contributed by atoms with van der Waals surface area (Å²) < 4.78 is 4.99. The molecule has 0 aliphatic heterocycles. The van der Waals surface area contributed by atoms with Crippen molar-refractivity contribution < 1.29 is 19.6 Å². The average Bonchev–Trinajstić information content (AvgIpc) is 2.54. The van der Waals surface area contributed by atoms with Crippen LogP contribution in [0.25, 0.3) is 0 Å².